The van der Waals surface area contributed by atoms with E-state index in [1.807, 2.05) is 37.3 Å². The van der Waals surface area contributed by atoms with Crippen molar-refractivity contribution < 1.29 is 9.53 Å². The number of aromatic nitrogens is 2. The predicted molar refractivity (Wildman–Crippen MR) is 109 cm³/mol. The smallest absolute Gasteiger partial charge is 0.260 e. The second-order valence-corrected chi connectivity index (χ2v) is 6.95. The molecule has 1 N–H and O–H groups in total. The van der Waals surface area contributed by atoms with E-state index in [1.54, 1.807) is 23.1 Å². The molecule has 0 fully saturated rings. The molecule has 0 radical (unpaired) electrons. The lowest BCUT2D eigenvalue weighted by atomic mass is 10.0. The molecule has 0 atom stereocenters. The van der Waals surface area contributed by atoms with Crippen molar-refractivity contribution in [3.63, 3.8) is 0 Å². The Labute approximate surface area is 164 Å². The summed E-state index contributed by atoms with van der Waals surface area (Å²) >= 11 is 0. The Hall–Kier alpha value is -3.15. The van der Waals surface area contributed by atoms with E-state index in [9.17, 15) is 9.59 Å². The number of amides is 1. The minimum absolute atomic E-state index is 0.0628. The average molecular weight is 379 g/mol. The van der Waals surface area contributed by atoms with E-state index in [-0.39, 0.29) is 24.6 Å². The van der Waals surface area contributed by atoms with Crippen LogP contribution in [0.3, 0.4) is 0 Å². The summed E-state index contributed by atoms with van der Waals surface area (Å²) in [5.74, 6) is 1.40. The van der Waals surface area contributed by atoms with Crippen molar-refractivity contribution in [3.8, 4) is 5.75 Å². The van der Waals surface area contributed by atoms with E-state index in [1.165, 1.54) is 5.56 Å². The van der Waals surface area contributed by atoms with Crippen LogP contribution in [0.4, 0.5) is 0 Å². The molecule has 3 aromatic rings. The topological polar surface area (TPSA) is 75.3 Å². The molecule has 6 heteroatoms. The van der Waals surface area contributed by atoms with Crippen LogP contribution in [0.1, 0.15) is 38.1 Å². The molecule has 0 saturated carbocycles. The molecule has 1 aromatic heterocycles. The van der Waals surface area contributed by atoms with Crippen molar-refractivity contribution in [3.05, 3.63) is 70.3 Å². The van der Waals surface area contributed by atoms with Crippen LogP contribution in [-0.2, 0) is 11.3 Å². The number of hydrogen-bond donors (Lipinski definition) is 1. The number of likely N-dealkylation sites (N-methyl/N-ethyl adjacent to an activating group) is 1. The van der Waals surface area contributed by atoms with Gasteiger partial charge in [-0.25, -0.2) is 4.98 Å². The number of fused-ring (bicyclic) bond motifs is 1. The Morgan fingerprint density at radius 1 is 1.14 bits per heavy atom. The second kappa shape index (κ2) is 8.69. The van der Waals surface area contributed by atoms with Gasteiger partial charge in [0.2, 0.25) is 0 Å². The van der Waals surface area contributed by atoms with Gasteiger partial charge in [-0.1, -0.05) is 38.1 Å². The molecule has 0 saturated heterocycles. The summed E-state index contributed by atoms with van der Waals surface area (Å²) in [7, 11) is 0. The van der Waals surface area contributed by atoms with Crippen LogP contribution in [0.5, 0.6) is 5.75 Å². The van der Waals surface area contributed by atoms with Gasteiger partial charge in [0.25, 0.3) is 11.5 Å². The van der Waals surface area contributed by atoms with Gasteiger partial charge in [-0.05, 0) is 42.7 Å². The number of carbonyl (C=O) groups excluding carboxylic acids is 1. The van der Waals surface area contributed by atoms with Crippen LogP contribution >= 0.6 is 0 Å². The summed E-state index contributed by atoms with van der Waals surface area (Å²) in [5, 5.41) is 0.536. The Bertz CT molecular complexity index is 1010. The number of aromatic amines is 1. The molecule has 2 aromatic carbocycles. The van der Waals surface area contributed by atoms with E-state index in [0.717, 1.165) is 0 Å². The molecule has 0 aliphatic rings. The van der Waals surface area contributed by atoms with E-state index in [2.05, 4.69) is 23.8 Å². The number of H-pyrrole nitrogens is 1. The number of carbonyl (C=O) groups is 1. The highest BCUT2D eigenvalue weighted by Gasteiger charge is 2.15. The highest BCUT2D eigenvalue weighted by molar-refractivity contribution is 5.78. The maximum absolute atomic E-state index is 12.6. The molecule has 3 rings (SSSR count). The molecule has 1 heterocycles. The maximum atomic E-state index is 12.6. The van der Waals surface area contributed by atoms with Crippen LogP contribution in [0.15, 0.2) is 53.3 Å². The SMILES string of the molecule is CCN(Cc1nc2ccccc2c(=O)[nH]1)C(=O)COc1ccc(C(C)C)cc1. The number of para-hydroxylation sites is 1. The first-order chi connectivity index (χ1) is 13.5. The van der Waals surface area contributed by atoms with Crippen molar-refractivity contribution in [2.45, 2.75) is 33.2 Å². The lowest BCUT2D eigenvalue weighted by molar-refractivity contribution is -0.133. The zero-order valence-electron chi connectivity index (χ0n) is 16.4. The first kappa shape index (κ1) is 19.6. The molecule has 146 valence electrons. The highest BCUT2D eigenvalue weighted by Crippen LogP contribution is 2.18. The van der Waals surface area contributed by atoms with Crippen molar-refractivity contribution in [2.75, 3.05) is 13.2 Å². The van der Waals surface area contributed by atoms with Gasteiger partial charge in [-0.15, -0.1) is 0 Å². The minimum atomic E-state index is -0.203. The number of rotatable bonds is 7. The van der Waals surface area contributed by atoms with Gasteiger partial charge in [-0.2, -0.15) is 0 Å². The molecule has 0 bridgehead atoms. The fraction of sp³-hybridized carbons (Fsp3) is 0.318. The predicted octanol–water partition coefficient (Wildman–Crippen LogP) is 3.47. The van der Waals surface area contributed by atoms with E-state index < -0.39 is 0 Å². The molecule has 0 aliphatic heterocycles. The first-order valence-corrected chi connectivity index (χ1v) is 9.46. The summed E-state index contributed by atoms with van der Waals surface area (Å²) in [6.07, 6.45) is 0. The summed E-state index contributed by atoms with van der Waals surface area (Å²) in [6.45, 7) is 6.80. The van der Waals surface area contributed by atoms with Crippen molar-refractivity contribution in [1.29, 1.82) is 0 Å². The fourth-order valence-electron chi connectivity index (χ4n) is 2.95. The quantitative estimate of drug-likeness (QED) is 0.682. The largest absolute Gasteiger partial charge is 0.484 e. The molecular formula is C22H25N3O3. The lowest BCUT2D eigenvalue weighted by Gasteiger charge is -2.20. The standard InChI is InChI=1S/C22H25N3O3/c1-4-25(13-20-23-19-8-6-5-7-18(19)22(27)24-20)21(26)14-28-17-11-9-16(10-12-17)15(2)3/h5-12,15H,4,13-14H2,1-3H3,(H,23,24,27). The van der Waals surface area contributed by atoms with E-state index in [4.69, 9.17) is 4.74 Å². The van der Waals surface area contributed by atoms with Crippen LogP contribution in [0, 0.1) is 0 Å². The van der Waals surface area contributed by atoms with Crippen LogP contribution in [0.25, 0.3) is 10.9 Å². The molecular weight excluding hydrogens is 354 g/mol. The summed E-state index contributed by atoms with van der Waals surface area (Å²) in [6, 6.07) is 14.9. The zero-order chi connectivity index (χ0) is 20.1. The zero-order valence-corrected chi connectivity index (χ0v) is 16.4. The van der Waals surface area contributed by atoms with Gasteiger partial charge in [0.1, 0.15) is 11.6 Å². The number of nitrogens with zero attached hydrogens (tertiary/aromatic N) is 2. The number of ether oxygens (including phenoxy) is 1. The maximum Gasteiger partial charge on any atom is 0.260 e. The van der Waals surface area contributed by atoms with E-state index >= 15 is 0 Å². The van der Waals surface area contributed by atoms with Gasteiger partial charge < -0.3 is 14.6 Å². The second-order valence-electron chi connectivity index (χ2n) is 6.95. The van der Waals surface area contributed by atoms with Gasteiger partial charge >= 0.3 is 0 Å². The molecule has 0 aliphatic carbocycles. The third kappa shape index (κ3) is 4.57. The van der Waals surface area contributed by atoms with Gasteiger partial charge in [-0.3, -0.25) is 9.59 Å². The van der Waals surface area contributed by atoms with Crippen LogP contribution < -0.4 is 10.3 Å². The normalized spacial score (nSPS) is 11.0. The third-order valence-corrected chi connectivity index (χ3v) is 4.65. The van der Waals surface area contributed by atoms with Crippen LogP contribution in [-0.4, -0.2) is 33.9 Å². The molecule has 6 nitrogen and oxygen atoms in total. The molecule has 1 amide bonds. The number of nitrogens with one attached hydrogen (secondary N) is 1. The monoisotopic (exact) mass is 379 g/mol. The number of benzene rings is 2. The van der Waals surface area contributed by atoms with Crippen molar-refractivity contribution in [2.24, 2.45) is 0 Å². The van der Waals surface area contributed by atoms with Crippen LogP contribution in [0.2, 0.25) is 0 Å². The highest BCUT2D eigenvalue weighted by atomic mass is 16.5. The van der Waals surface area contributed by atoms with Gasteiger partial charge in [0.15, 0.2) is 6.61 Å². The van der Waals surface area contributed by atoms with Gasteiger partial charge in [0.05, 0.1) is 17.4 Å². The molecule has 0 spiro atoms. The Morgan fingerprint density at radius 2 is 1.86 bits per heavy atom. The van der Waals surface area contributed by atoms with E-state index in [0.29, 0.717) is 34.9 Å². The minimum Gasteiger partial charge on any atom is -0.484 e. The Morgan fingerprint density at radius 3 is 2.54 bits per heavy atom. The summed E-state index contributed by atoms with van der Waals surface area (Å²) in [5.41, 5.74) is 1.64. The van der Waals surface area contributed by atoms with Crippen molar-refractivity contribution in [1.82, 2.24) is 14.9 Å². The number of hydrogen-bond acceptors (Lipinski definition) is 4. The Kier molecular flexibility index (Phi) is 6.09. The molecule has 0 unspecified atom stereocenters. The van der Waals surface area contributed by atoms with Gasteiger partial charge in [0, 0.05) is 6.54 Å². The summed E-state index contributed by atoms with van der Waals surface area (Å²) in [4.78, 5) is 33.6. The Balaban J connectivity index is 1.66. The average Bonchev–Trinajstić information content (AvgIpc) is 2.70. The first-order valence-electron chi connectivity index (χ1n) is 9.46. The fourth-order valence-corrected chi connectivity index (χ4v) is 2.95. The molecule has 28 heavy (non-hydrogen) atoms. The third-order valence-electron chi connectivity index (χ3n) is 4.65. The summed E-state index contributed by atoms with van der Waals surface area (Å²) < 4.78 is 5.63. The lowest BCUT2D eigenvalue weighted by Crippen LogP contribution is -2.35. The van der Waals surface area contributed by atoms with Crippen molar-refractivity contribution >= 4 is 16.8 Å².